The summed E-state index contributed by atoms with van der Waals surface area (Å²) in [7, 11) is 0. The normalized spacial score (nSPS) is 11.5. The van der Waals surface area contributed by atoms with Crippen molar-refractivity contribution < 1.29 is 18.7 Å². The molecule has 0 unspecified atom stereocenters. The van der Waals surface area contributed by atoms with Gasteiger partial charge in [-0.2, -0.15) is 0 Å². The van der Waals surface area contributed by atoms with E-state index in [4.69, 9.17) is 9.94 Å². The van der Waals surface area contributed by atoms with Crippen molar-refractivity contribution in [2.75, 3.05) is 0 Å². The van der Waals surface area contributed by atoms with Crippen molar-refractivity contribution in [3.8, 4) is 5.75 Å². The molecule has 3 nitrogen and oxygen atoms in total. The maximum Gasteiger partial charge on any atom is 0.132 e. The van der Waals surface area contributed by atoms with Crippen LogP contribution in [0.25, 0.3) is 0 Å². The van der Waals surface area contributed by atoms with Crippen molar-refractivity contribution >= 4 is 5.71 Å². The third-order valence-electron chi connectivity index (χ3n) is 3.09. The van der Waals surface area contributed by atoms with E-state index in [1.165, 1.54) is 18.2 Å². The fraction of sp³-hybridized carbons (Fsp3) is 0.188. The van der Waals surface area contributed by atoms with Crippen molar-refractivity contribution in [3.05, 3.63) is 65.2 Å². The van der Waals surface area contributed by atoms with Crippen molar-refractivity contribution in [3.63, 3.8) is 0 Å². The van der Waals surface area contributed by atoms with Crippen molar-refractivity contribution in [2.24, 2.45) is 5.16 Å². The van der Waals surface area contributed by atoms with E-state index < -0.39 is 11.6 Å². The highest BCUT2D eigenvalue weighted by Crippen LogP contribution is 2.18. The molecule has 0 heterocycles. The van der Waals surface area contributed by atoms with Gasteiger partial charge in [0.15, 0.2) is 0 Å². The quantitative estimate of drug-likeness (QED) is 0.511. The van der Waals surface area contributed by atoms with E-state index in [0.29, 0.717) is 17.9 Å². The van der Waals surface area contributed by atoms with Crippen LogP contribution >= 0.6 is 0 Å². The third-order valence-corrected chi connectivity index (χ3v) is 3.09. The summed E-state index contributed by atoms with van der Waals surface area (Å²) in [5.41, 5.74) is 1.22. The van der Waals surface area contributed by atoms with E-state index in [1.807, 2.05) is 6.92 Å². The first-order valence-electron chi connectivity index (χ1n) is 6.52. The molecule has 0 spiro atoms. The van der Waals surface area contributed by atoms with Gasteiger partial charge in [-0.25, -0.2) is 8.78 Å². The molecule has 0 aliphatic carbocycles. The highest BCUT2D eigenvalue weighted by molar-refractivity contribution is 6.00. The Bertz CT molecular complexity index is 619. The van der Waals surface area contributed by atoms with E-state index in [2.05, 4.69) is 5.16 Å². The molecule has 0 fully saturated rings. The Labute approximate surface area is 121 Å². The van der Waals surface area contributed by atoms with Crippen LogP contribution in [0, 0.1) is 11.6 Å². The zero-order valence-corrected chi connectivity index (χ0v) is 11.5. The number of rotatable bonds is 5. The molecule has 2 aromatic rings. The van der Waals surface area contributed by atoms with Gasteiger partial charge in [0, 0.05) is 0 Å². The lowest BCUT2D eigenvalue weighted by Gasteiger charge is -2.09. The second-order valence-electron chi connectivity index (χ2n) is 4.41. The van der Waals surface area contributed by atoms with E-state index in [0.717, 1.165) is 5.56 Å². The lowest BCUT2D eigenvalue weighted by atomic mass is 10.1. The molecular formula is C16H15F2NO2. The average Bonchev–Trinajstić information content (AvgIpc) is 2.49. The number of hydrogen-bond acceptors (Lipinski definition) is 3. The Hall–Kier alpha value is -2.43. The van der Waals surface area contributed by atoms with Gasteiger partial charge in [-0.05, 0) is 48.4 Å². The highest BCUT2D eigenvalue weighted by atomic mass is 19.1. The standard InChI is InChI=1S/C16H15F2NO2/c1-2-16(19-20)11-6-8-12(9-7-11)21-10-13-14(17)4-3-5-15(13)18/h3-9,20H,2,10H2,1H3/b19-16-. The zero-order chi connectivity index (χ0) is 15.2. The predicted molar refractivity (Wildman–Crippen MR) is 75.7 cm³/mol. The molecule has 0 atom stereocenters. The molecule has 0 saturated heterocycles. The summed E-state index contributed by atoms with van der Waals surface area (Å²) in [5.74, 6) is -0.783. The molecule has 0 amide bonds. The minimum atomic E-state index is -0.632. The van der Waals surface area contributed by atoms with Crippen LogP contribution < -0.4 is 4.74 Å². The van der Waals surface area contributed by atoms with Crippen molar-refractivity contribution in [1.29, 1.82) is 0 Å². The molecule has 1 N–H and O–H groups in total. The van der Waals surface area contributed by atoms with Gasteiger partial charge >= 0.3 is 0 Å². The number of ether oxygens (including phenoxy) is 1. The highest BCUT2D eigenvalue weighted by Gasteiger charge is 2.09. The summed E-state index contributed by atoms with van der Waals surface area (Å²) in [5, 5.41) is 12.0. The molecule has 5 heteroatoms. The maximum atomic E-state index is 13.5. The Balaban J connectivity index is 2.08. The topological polar surface area (TPSA) is 41.8 Å². The Morgan fingerprint density at radius 2 is 1.71 bits per heavy atom. The summed E-state index contributed by atoms with van der Waals surface area (Å²) in [6.45, 7) is 1.69. The largest absolute Gasteiger partial charge is 0.489 e. The van der Waals surface area contributed by atoms with Crippen molar-refractivity contribution in [1.82, 2.24) is 0 Å². The molecule has 2 aromatic carbocycles. The molecule has 0 aromatic heterocycles. The molecule has 0 bridgehead atoms. The molecule has 0 aliphatic rings. The van der Waals surface area contributed by atoms with Gasteiger partial charge in [-0.15, -0.1) is 0 Å². The van der Waals surface area contributed by atoms with Crippen LogP contribution in [0.2, 0.25) is 0 Å². The van der Waals surface area contributed by atoms with Crippen LogP contribution in [-0.4, -0.2) is 10.9 Å². The monoisotopic (exact) mass is 291 g/mol. The summed E-state index contributed by atoms with van der Waals surface area (Å²) >= 11 is 0. The van der Waals surface area contributed by atoms with Gasteiger partial charge < -0.3 is 9.94 Å². The number of oxime groups is 1. The zero-order valence-electron chi connectivity index (χ0n) is 11.5. The first kappa shape index (κ1) is 15.0. The Kier molecular flexibility index (Phi) is 4.87. The van der Waals surface area contributed by atoms with E-state index in [9.17, 15) is 8.78 Å². The lowest BCUT2D eigenvalue weighted by molar-refractivity contribution is 0.292. The summed E-state index contributed by atoms with van der Waals surface area (Å²) in [6.07, 6.45) is 0.594. The van der Waals surface area contributed by atoms with E-state index in [-0.39, 0.29) is 12.2 Å². The second-order valence-corrected chi connectivity index (χ2v) is 4.41. The smallest absolute Gasteiger partial charge is 0.132 e. The molecule has 0 radical (unpaired) electrons. The minimum absolute atomic E-state index is 0.104. The molecular weight excluding hydrogens is 276 g/mol. The first-order chi connectivity index (χ1) is 10.2. The van der Waals surface area contributed by atoms with Gasteiger partial charge in [-0.3, -0.25) is 0 Å². The minimum Gasteiger partial charge on any atom is -0.489 e. The van der Waals surface area contributed by atoms with Gasteiger partial charge in [-0.1, -0.05) is 18.1 Å². The maximum absolute atomic E-state index is 13.5. The number of nitrogens with zero attached hydrogens (tertiary/aromatic N) is 1. The average molecular weight is 291 g/mol. The second kappa shape index (κ2) is 6.83. The van der Waals surface area contributed by atoms with Crippen LogP contribution in [-0.2, 0) is 6.61 Å². The van der Waals surface area contributed by atoms with Crippen molar-refractivity contribution in [2.45, 2.75) is 20.0 Å². The Morgan fingerprint density at radius 1 is 1.10 bits per heavy atom. The molecule has 110 valence electrons. The SMILES string of the molecule is CC/C(=N/O)c1ccc(OCc2c(F)cccc2F)cc1. The number of hydrogen-bond donors (Lipinski definition) is 1. The van der Waals surface area contributed by atoms with Gasteiger partial charge in [0.1, 0.15) is 24.0 Å². The van der Waals surface area contributed by atoms with Crippen LogP contribution in [0.5, 0.6) is 5.75 Å². The van der Waals surface area contributed by atoms with Gasteiger partial charge in [0.25, 0.3) is 0 Å². The first-order valence-corrected chi connectivity index (χ1v) is 6.52. The molecule has 21 heavy (non-hydrogen) atoms. The fourth-order valence-electron chi connectivity index (χ4n) is 1.90. The molecule has 0 saturated carbocycles. The lowest BCUT2D eigenvalue weighted by Crippen LogP contribution is -2.02. The molecule has 0 aliphatic heterocycles. The van der Waals surface area contributed by atoms with Crippen LogP contribution in [0.4, 0.5) is 8.78 Å². The van der Waals surface area contributed by atoms with Crippen LogP contribution in [0.3, 0.4) is 0 Å². The predicted octanol–water partition coefficient (Wildman–Crippen LogP) is 4.13. The van der Waals surface area contributed by atoms with Crippen LogP contribution in [0.1, 0.15) is 24.5 Å². The van der Waals surface area contributed by atoms with Crippen LogP contribution in [0.15, 0.2) is 47.6 Å². The fourth-order valence-corrected chi connectivity index (χ4v) is 1.90. The Morgan fingerprint density at radius 3 is 2.24 bits per heavy atom. The number of benzene rings is 2. The van der Waals surface area contributed by atoms with E-state index in [1.54, 1.807) is 24.3 Å². The summed E-state index contributed by atoms with van der Waals surface area (Å²) in [4.78, 5) is 0. The van der Waals surface area contributed by atoms with Gasteiger partial charge in [0.2, 0.25) is 0 Å². The van der Waals surface area contributed by atoms with Gasteiger partial charge in [0.05, 0.1) is 11.3 Å². The van der Waals surface area contributed by atoms with E-state index >= 15 is 0 Å². The summed E-state index contributed by atoms with van der Waals surface area (Å²) in [6, 6.07) is 10.5. The number of halogens is 2. The summed E-state index contributed by atoms with van der Waals surface area (Å²) < 4.78 is 32.3. The molecule has 2 rings (SSSR count). The third kappa shape index (κ3) is 3.56.